The number of anilines is 1. The highest BCUT2D eigenvalue weighted by Crippen LogP contribution is 2.22. The van der Waals surface area contributed by atoms with Crippen molar-refractivity contribution >= 4 is 34.8 Å². The molecule has 0 aliphatic heterocycles. The van der Waals surface area contributed by atoms with Crippen LogP contribution in [0.5, 0.6) is 0 Å². The predicted octanol–water partition coefficient (Wildman–Crippen LogP) is 3.85. The molecule has 1 aliphatic rings. The van der Waals surface area contributed by atoms with Crippen LogP contribution in [0.2, 0.25) is 10.0 Å². The SMILES string of the molecule is O=C(CCNc1cc(Cl)cc(Cl)c1)NC1CCCC1. The third kappa shape index (κ3) is 4.92. The van der Waals surface area contributed by atoms with Crippen molar-refractivity contribution in [2.45, 2.75) is 38.1 Å². The molecular weight excluding hydrogens is 283 g/mol. The molecule has 1 fully saturated rings. The zero-order valence-corrected chi connectivity index (χ0v) is 12.2. The van der Waals surface area contributed by atoms with E-state index in [1.807, 2.05) is 0 Å². The maximum Gasteiger partial charge on any atom is 0.221 e. The number of hydrogen-bond acceptors (Lipinski definition) is 2. The Labute approximate surface area is 123 Å². The molecule has 0 unspecified atom stereocenters. The molecule has 104 valence electrons. The summed E-state index contributed by atoms with van der Waals surface area (Å²) in [6.45, 7) is 0.579. The molecule has 1 amide bonds. The summed E-state index contributed by atoms with van der Waals surface area (Å²) in [5.41, 5.74) is 0.839. The Morgan fingerprint density at radius 1 is 1.16 bits per heavy atom. The van der Waals surface area contributed by atoms with Gasteiger partial charge in [-0.3, -0.25) is 4.79 Å². The van der Waals surface area contributed by atoms with Crippen molar-refractivity contribution in [3.63, 3.8) is 0 Å². The van der Waals surface area contributed by atoms with Crippen molar-refractivity contribution < 1.29 is 4.79 Å². The summed E-state index contributed by atoms with van der Waals surface area (Å²) in [4.78, 5) is 11.7. The molecule has 0 radical (unpaired) electrons. The highest BCUT2D eigenvalue weighted by molar-refractivity contribution is 6.35. The standard InChI is InChI=1S/C14H18Cl2N2O/c15-10-7-11(16)9-13(8-10)17-6-5-14(19)18-12-3-1-2-4-12/h7-9,12,17H,1-6H2,(H,18,19). The van der Waals surface area contributed by atoms with Gasteiger partial charge in [0.15, 0.2) is 0 Å². The molecule has 0 spiro atoms. The fourth-order valence-electron chi connectivity index (χ4n) is 2.35. The Bertz CT molecular complexity index is 425. The first-order valence-electron chi connectivity index (χ1n) is 6.63. The zero-order valence-electron chi connectivity index (χ0n) is 10.7. The lowest BCUT2D eigenvalue weighted by Gasteiger charge is -2.12. The van der Waals surface area contributed by atoms with Crippen molar-refractivity contribution in [2.24, 2.45) is 0 Å². The molecule has 2 rings (SSSR count). The van der Waals surface area contributed by atoms with E-state index < -0.39 is 0 Å². The van der Waals surface area contributed by atoms with Crippen LogP contribution in [0.3, 0.4) is 0 Å². The first-order chi connectivity index (χ1) is 9.13. The van der Waals surface area contributed by atoms with Gasteiger partial charge in [0.25, 0.3) is 0 Å². The lowest BCUT2D eigenvalue weighted by Crippen LogP contribution is -2.33. The molecule has 2 N–H and O–H groups in total. The summed E-state index contributed by atoms with van der Waals surface area (Å²) in [7, 11) is 0. The van der Waals surface area contributed by atoms with Gasteiger partial charge >= 0.3 is 0 Å². The first kappa shape index (κ1) is 14.5. The molecule has 19 heavy (non-hydrogen) atoms. The summed E-state index contributed by atoms with van der Waals surface area (Å²) in [6, 6.07) is 5.65. The first-order valence-corrected chi connectivity index (χ1v) is 7.38. The van der Waals surface area contributed by atoms with E-state index >= 15 is 0 Å². The van der Waals surface area contributed by atoms with Crippen LogP contribution in [0.1, 0.15) is 32.1 Å². The van der Waals surface area contributed by atoms with Crippen LogP contribution in [0.4, 0.5) is 5.69 Å². The summed E-state index contributed by atoms with van der Waals surface area (Å²) in [5, 5.41) is 7.39. The fraction of sp³-hybridized carbons (Fsp3) is 0.500. The van der Waals surface area contributed by atoms with Gasteiger partial charge in [0.05, 0.1) is 0 Å². The quantitative estimate of drug-likeness (QED) is 0.867. The van der Waals surface area contributed by atoms with Crippen LogP contribution in [-0.2, 0) is 4.79 Å². The van der Waals surface area contributed by atoms with Gasteiger partial charge < -0.3 is 10.6 Å². The fourth-order valence-corrected chi connectivity index (χ4v) is 2.87. The average molecular weight is 301 g/mol. The number of nitrogens with one attached hydrogen (secondary N) is 2. The highest BCUT2D eigenvalue weighted by atomic mass is 35.5. The Balaban J connectivity index is 1.71. The van der Waals surface area contributed by atoms with E-state index in [0.717, 1.165) is 18.5 Å². The molecule has 3 nitrogen and oxygen atoms in total. The molecule has 0 heterocycles. The number of rotatable bonds is 5. The van der Waals surface area contributed by atoms with Crippen LogP contribution in [0, 0.1) is 0 Å². The van der Waals surface area contributed by atoms with Gasteiger partial charge in [-0.25, -0.2) is 0 Å². The average Bonchev–Trinajstić information content (AvgIpc) is 2.80. The molecule has 1 aromatic carbocycles. The lowest BCUT2D eigenvalue weighted by atomic mass is 10.2. The third-order valence-electron chi connectivity index (χ3n) is 3.26. The van der Waals surface area contributed by atoms with E-state index in [1.165, 1.54) is 12.8 Å². The van der Waals surface area contributed by atoms with Gasteiger partial charge in [-0.05, 0) is 31.0 Å². The minimum absolute atomic E-state index is 0.104. The van der Waals surface area contributed by atoms with Crippen molar-refractivity contribution in [2.75, 3.05) is 11.9 Å². The van der Waals surface area contributed by atoms with Gasteiger partial charge in [0, 0.05) is 34.7 Å². The van der Waals surface area contributed by atoms with E-state index in [1.54, 1.807) is 18.2 Å². The number of hydrogen-bond donors (Lipinski definition) is 2. The molecule has 0 bridgehead atoms. The van der Waals surface area contributed by atoms with Crippen molar-refractivity contribution in [1.29, 1.82) is 0 Å². The molecular formula is C14H18Cl2N2O. The Morgan fingerprint density at radius 3 is 2.42 bits per heavy atom. The maximum atomic E-state index is 11.7. The predicted molar refractivity (Wildman–Crippen MR) is 80.0 cm³/mol. The second-order valence-electron chi connectivity index (χ2n) is 4.88. The second-order valence-corrected chi connectivity index (χ2v) is 5.76. The minimum atomic E-state index is 0.104. The van der Waals surface area contributed by atoms with Gasteiger partial charge in [-0.15, -0.1) is 0 Å². The monoisotopic (exact) mass is 300 g/mol. The molecule has 0 atom stereocenters. The lowest BCUT2D eigenvalue weighted by molar-refractivity contribution is -0.121. The van der Waals surface area contributed by atoms with Crippen LogP contribution in [-0.4, -0.2) is 18.5 Å². The van der Waals surface area contributed by atoms with Gasteiger partial charge in [-0.1, -0.05) is 36.0 Å². The van der Waals surface area contributed by atoms with Gasteiger partial charge in [0.2, 0.25) is 5.91 Å². The second kappa shape index (κ2) is 7.01. The molecule has 0 aromatic heterocycles. The summed E-state index contributed by atoms with van der Waals surface area (Å²) >= 11 is 11.8. The number of amides is 1. The van der Waals surface area contributed by atoms with Crippen molar-refractivity contribution in [3.8, 4) is 0 Å². The van der Waals surface area contributed by atoms with Crippen molar-refractivity contribution in [3.05, 3.63) is 28.2 Å². The van der Waals surface area contributed by atoms with Gasteiger partial charge in [-0.2, -0.15) is 0 Å². The van der Waals surface area contributed by atoms with Crippen LogP contribution >= 0.6 is 23.2 Å². The normalized spacial score (nSPS) is 15.5. The maximum absolute atomic E-state index is 11.7. The van der Waals surface area contributed by atoms with Crippen LogP contribution in [0.15, 0.2) is 18.2 Å². The number of carbonyl (C=O) groups excluding carboxylic acids is 1. The third-order valence-corrected chi connectivity index (χ3v) is 3.70. The molecule has 0 saturated heterocycles. The van der Waals surface area contributed by atoms with E-state index in [0.29, 0.717) is 29.1 Å². The van der Waals surface area contributed by atoms with Crippen LogP contribution < -0.4 is 10.6 Å². The molecule has 1 aromatic rings. The van der Waals surface area contributed by atoms with E-state index in [4.69, 9.17) is 23.2 Å². The Kier molecular flexibility index (Phi) is 5.34. The summed E-state index contributed by atoms with van der Waals surface area (Å²) in [5.74, 6) is 0.104. The minimum Gasteiger partial charge on any atom is -0.384 e. The summed E-state index contributed by atoms with van der Waals surface area (Å²) < 4.78 is 0. The van der Waals surface area contributed by atoms with E-state index in [-0.39, 0.29) is 5.91 Å². The molecule has 5 heteroatoms. The van der Waals surface area contributed by atoms with Gasteiger partial charge in [0.1, 0.15) is 0 Å². The number of carbonyl (C=O) groups is 1. The highest BCUT2D eigenvalue weighted by Gasteiger charge is 2.16. The Morgan fingerprint density at radius 2 is 1.79 bits per heavy atom. The zero-order chi connectivity index (χ0) is 13.7. The number of benzene rings is 1. The topological polar surface area (TPSA) is 41.1 Å². The van der Waals surface area contributed by atoms with Crippen LogP contribution in [0.25, 0.3) is 0 Å². The van der Waals surface area contributed by atoms with Crippen molar-refractivity contribution in [1.82, 2.24) is 5.32 Å². The molecule has 1 saturated carbocycles. The summed E-state index contributed by atoms with van der Waals surface area (Å²) in [6.07, 6.45) is 5.14. The Hall–Kier alpha value is -0.930. The van der Waals surface area contributed by atoms with E-state index in [2.05, 4.69) is 10.6 Å². The van der Waals surface area contributed by atoms with E-state index in [9.17, 15) is 4.79 Å². The largest absolute Gasteiger partial charge is 0.384 e. The smallest absolute Gasteiger partial charge is 0.221 e. The number of halogens is 2. The molecule has 1 aliphatic carbocycles.